The van der Waals surface area contributed by atoms with Crippen LogP contribution in [-0.2, 0) is 11.2 Å². The number of carbonyl (C=O) groups is 1. The molecule has 1 atom stereocenters. The molecule has 3 rings (SSSR count). The lowest BCUT2D eigenvalue weighted by Gasteiger charge is -2.14. The fourth-order valence-electron chi connectivity index (χ4n) is 2.44. The molecule has 5 heteroatoms. The Labute approximate surface area is 117 Å². The average Bonchev–Trinajstić information content (AvgIpc) is 3.19. The van der Waals surface area contributed by atoms with Crippen LogP contribution in [0.1, 0.15) is 24.0 Å². The van der Waals surface area contributed by atoms with Gasteiger partial charge in [0.1, 0.15) is 6.04 Å². The summed E-state index contributed by atoms with van der Waals surface area (Å²) in [5.41, 5.74) is 7.68. The number of hydrogen-bond donors (Lipinski definition) is 2. The van der Waals surface area contributed by atoms with E-state index in [0.717, 1.165) is 29.7 Å². The van der Waals surface area contributed by atoms with Gasteiger partial charge in [-0.15, -0.1) is 0 Å². The van der Waals surface area contributed by atoms with Crippen molar-refractivity contribution in [2.24, 2.45) is 11.1 Å². The van der Waals surface area contributed by atoms with Crippen molar-refractivity contribution in [1.82, 2.24) is 0 Å². The maximum Gasteiger partial charge on any atom is 0.320 e. The van der Waals surface area contributed by atoms with Gasteiger partial charge >= 0.3 is 5.97 Å². The zero-order valence-electron chi connectivity index (χ0n) is 11.5. The van der Waals surface area contributed by atoms with Crippen LogP contribution in [0.4, 0.5) is 0 Å². The van der Waals surface area contributed by atoms with E-state index in [9.17, 15) is 4.79 Å². The van der Waals surface area contributed by atoms with Crippen molar-refractivity contribution in [1.29, 1.82) is 0 Å². The Morgan fingerprint density at radius 1 is 1.35 bits per heavy atom. The molecule has 1 unspecified atom stereocenters. The van der Waals surface area contributed by atoms with Crippen LogP contribution in [0.5, 0.6) is 11.5 Å². The molecule has 20 heavy (non-hydrogen) atoms. The van der Waals surface area contributed by atoms with E-state index in [1.165, 1.54) is 0 Å². The van der Waals surface area contributed by atoms with Crippen LogP contribution in [0.15, 0.2) is 12.1 Å². The van der Waals surface area contributed by atoms with Gasteiger partial charge in [0, 0.05) is 5.41 Å². The quantitative estimate of drug-likeness (QED) is 0.875. The van der Waals surface area contributed by atoms with E-state index in [1.807, 2.05) is 19.1 Å². The smallest absolute Gasteiger partial charge is 0.320 e. The van der Waals surface area contributed by atoms with Crippen LogP contribution in [0.3, 0.4) is 0 Å². The fraction of sp³-hybridized carbons (Fsp3) is 0.533. The zero-order valence-corrected chi connectivity index (χ0v) is 11.5. The highest BCUT2D eigenvalue weighted by molar-refractivity contribution is 5.73. The van der Waals surface area contributed by atoms with Crippen molar-refractivity contribution in [3.05, 3.63) is 23.3 Å². The van der Waals surface area contributed by atoms with E-state index in [4.69, 9.17) is 20.3 Å². The van der Waals surface area contributed by atoms with Crippen molar-refractivity contribution in [3.8, 4) is 11.5 Å². The van der Waals surface area contributed by atoms with Gasteiger partial charge in [0.25, 0.3) is 0 Å². The Hall–Kier alpha value is -1.75. The first-order valence-electron chi connectivity index (χ1n) is 6.87. The summed E-state index contributed by atoms with van der Waals surface area (Å²) in [6.07, 6.45) is 2.59. The summed E-state index contributed by atoms with van der Waals surface area (Å²) in [5, 5.41) is 8.91. The van der Waals surface area contributed by atoms with E-state index in [2.05, 4.69) is 0 Å². The van der Waals surface area contributed by atoms with Crippen molar-refractivity contribution >= 4 is 5.97 Å². The summed E-state index contributed by atoms with van der Waals surface area (Å²) < 4.78 is 11.7. The van der Waals surface area contributed by atoms with Crippen LogP contribution in [0.2, 0.25) is 0 Å². The maximum atomic E-state index is 10.9. The monoisotopic (exact) mass is 277 g/mol. The zero-order chi connectivity index (χ0) is 14.3. The largest absolute Gasteiger partial charge is 0.489 e. The molecule has 0 bridgehead atoms. The van der Waals surface area contributed by atoms with Gasteiger partial charge < -0.3 is 20.3 Å². The molecule has 5 nitrogen and oxygen atoms in total. The highest BCUT2D eigenvalue weighted by atomic mass is 16.5. The highest BCUT2D eigenvalue weighted by Crippen LogP contribution is 2.49. The SMILES string of the molecule is Cc1cc2c(cc1CC(N)C(=O)O)OCC1(CC1)CO2. The third-order valence-electron chi connectivity index (χ3n) is 4.18. The minimum atomic E-state index is -0.992. The first-order chi connectivity index (χ1) is 9.49. The lowest BCUT2D eigenvalue weighted by molar-refractivity contribution is -0.138. The standard InChI is InChI=1S/C15H19NO4/c1-9-4-12-13(6-10(9)5-11(16)14(17)18)20-8-15(2-3-15)7-19-12/h4,6,11H,2-3,5,7-8,16H2,1H3,(H,17,18). The number of carboxylic acids is 1. The van der Waals surface area contributed by atoms with Gasteiger partial charge in [-0.3, -0.25) is 4.79 Å². The number of carboxylic acid groups (broad SMARTS) is 1. The lowest BCUT2D eigenvalue weighted by Crippen LogP contribution is -2.32. The second-order valence-corrected chi connectivity index (χ2v) is 5.95. The molecule has 108 valence electrons. The van der Waals surface area contributed by atoms with E-state index >= 15 is 0 Å². The summed E-state index contributed by atoms with van der Waals surface area (Å²) in [4.78, 5) is 10.9. The molecule has 1 aromatic rings. The summed E-state index contributed by atoms with van der Waals surface area (Å²) in [6, 6.07) is 2.89. The van der Waals surface area contributed by atoms with Crippen LogP contribution in [0, 0.1) is 12.3 Å². The van der Waals surface area contributed by atoms with Crippen molar-refractivity contribution in [3.63, 3.8) is 0 Å². The topological polar surface area (TPSA) is 81.8 Å². The van der Waals surface area contributed by atoms with Crippen molar-refractivity contribution < 1.29 is 19.4 Å². The molecule has 0 amide bonds. The molecule has 1 saturated carbocycles. The molecule has 1 fully saturated rings. The van der Waals surface area contributed by atoms with Crippen LogP contribution in [0.25, 0.3) is 0 Å². The summed E-state index contributed by atoms with van der Waals surface area (Å²) >= 11 is 0. The Balaban J connectivity index is 1.84. The molecule has 1 spiro atoms. The van der Waals surface area contributed by atoms with E-state index < -0.39 is 12.0 Å². The number of aliphatic carboxylic acids is 1. The molecule has 3 N–H and O–H groups in total. The van der Waals surface area contributed by atoms with E-state index in [0.29, 0.717) is 25.4 Å². The van der Waals surface area contributed by atoms with Crippen LogP contribution < -0.4 is 15.2 Å². The molecule has 1 heterocycles. The Morgan fingerprint density at radius 3 is 2.50 bits per heavy atom. The summed E-state index contributed by atoms with van der Waals surface area (Å²) in [5.74, 6) is 0.458. The third-order valence-corrected chi connectivity index (χ3v) is 4.18. The van der Waals surface area contributed by atoms with Crippen molar-refractivity contribution in [2.75, 3.05) is 13.2 Å². The van der Waals surface area contributed by atoms with Gasteiger partial charge in [-0.25, -0.2) is 0 Å². The molecule has 1 aliphatic carbocycles. The number of benzene rings is 1. The van der Waals surface area contributed by atoms with Gasteiger partial charge in [-0.05, 0) is 49.4 Å². The van der Waals surface area contributed by atoms with Gasteiger partial charge in [0.15, 0.2) is 11.5 Å². The molecule has 2 aliphatic rings. The van der Waals surface area contributed by atoms with Crippen LogP contribution >= 0.6 is 0 Å². The molecule has 1 aliphatic heterocycles. The summed E-state index contributed by atoms with van der Waals surface area (Å²) in [7, 11) is 0. The number of ether oxygens (including phenoxy) is 2. The Kier molecular flexibility index (Phi) is 3.09. The molecule has 0 radical (unpaired) electrons. The molecule has 0 saturated heterocycles. The Bertz CT molecular complexity index is 551. The van der Waals surface area contributed by atoms with Gasteiger partial charge in [0.2, 0.25) is 0 Å². The Morgan fingerprint density at radius 2 is 1.95 bits per heavy atom. The second kappa shape index (κ2) is 4.66. The van der Waals surface area contributed by atoms with E-state index in [-0.39, 0.29) is 5.41 Å². The number of nitrogens with two attached hydrogens (primary N) is 1. The molecular formula is C15H19NO4. The number of hydrogen-bond acceptors (Lipinski definition) is 4. The number of aryl methyl sites for hydroxylation is 1. The first-order valence-corrected chi connectivity index (χ1v) is 6.87. The second-order valence-electron chi connectivity index (χ2n) is 5.95. The predicted molar refractivity (Wildman–Crippen MR) is 73.2 cm³/mol. The first kappa shape index (κ1) is 13.2. The predicted octanol–water partition coefficient (Wildman–Crippen LogP) is 1.50. The fourth-order valence-corrected chi connectivity index (χ4v) is 2.44. The molecular weight excluding hydrogens is 258 g/mol. The highest BCUT2D eigenvalue weighted by Gasteiger charge is 2.46. The minimum Gasteiger partial charge on any atom is -0.489 e. The third kappa shape index (κ3) is 2.45. The summed E-state index contributed by atoms with van der Waals surface area (Å²) in [6.45, 7) is 3.31. The van der Waals surface area contributed by atoms with Gasteiger partial charge in [-0.2, -0.15) is 0 Å². The van der Waals surface area contributed by atoms with Crippen molar-refractivity contribution in [2.45, 2.75) is 32.2 Å². The number of fused-ring (bicyclic) bond motifs is 1. The normalized spacial score (nSPS) is 20.3. The molecule has 0 aromatic heterocycles. The van der Waals surface area contributed by atoms with E-state index in [1.54, 1.807) is 0 Å². The maximum absolute atomic E-state index is 10.9. The number of rotatable bonds is 3. The van der Waals surface area contributed by atoms with Crippen LogP contribution in [-0.4, -0.2) is 30.3 Å². The van der Waals surface area contributed by atoms with Gasteiger partial charge in [-0.1, -0.05) is 0 Å². The minimum absolute atomic E-state index is 0.199. The molecule has 1 aromatic carbocycles. The van der Waals surface area contributed by atoms with Gasteiger partial charge in [0.05, 0.1) is 13.2 Å². The lowest BCUT2D eigenvalue weighted by atomic mass is 10.0. The average molecular weight is 277 g/mol.